The van der Waals surface area contributed by atoms with Crippen LogP contribution in [0.4, 0.5) is 0 Å². The Bertz CT molecular complexity index is 748. The molecule has 0 amide bonds. The summed E-state index contributed by atoms with van der Waals surface area (Å²) in [6.45, 7) is 0. The van der Waals surface area contributed by atoms with Gasteiger partial charge in [-0.15, -0.1) is 0 Å². The van der Waals surface area contributed by atoms with Gasteiger partial charge in [0.05, 0.1) is 5.52 Å². The molecule has 4 rings (SSSR count). The van der Waals surface area contributed by atoms with Crippen LogP contribution in [-0.2, 0) is 0 Å². The van der Waals surface area contributed by atoms with E-state index in [1.54, 1.807) is 0 Å². The first kappa shape index (κ1) is 12.0. The fourth-order valence-corrected chi connectivity index (χ4v) is 3.46. The number of aromatic nitrogens is 1. The summed E-state index contributed by atoms with van der Waals surface area (Å²) >= 11 is 1.84. The fraction of sp³-hybridized carbons (Fsp3) is 0.167. The molecule has 1 heterocycles. The molecular weight excluding hydrogens is 262 g/mol. The van der Waals surface area contributed by atoms with Crippen LogP contribution < -0.4 is 0 Å². The lowest BCUT2D eigenvalue weighted by Crippen LogP contribution is -1.90. The van der Waals surface area contributed by atoms with E-state index in [4.69, 9.17) is 4.98 Å². The summed E-state index contributed by atoms with van der Waals surface area (Å²) in [6, 6.07) is 21.3. The summed E-state index contributed by atoms with van der Waals surface area (Å²) in [5.41, 5.74) is 2.39. The molecule has 2 heteroatoms. The summed E-state index contributed by atoms with van der Waals surface area (Å²) < 4.78 is 0. The summed E-state index contributed by atoms with van der Waals surface area (Å²) in [7, 11) is 0. The maximum atomic E-state index is 4.83. The number of benzene rings is 2. The van der Waals surface area contributed by atoms with Gasteiger partial charge in [-0.1, -0.05) is 48.2 Å². The highest BCUT2D eigenvalue weighted by molar-refractivity contribution is 7.99. The van der Waals surface area contributed by atoms with Crippen molar-refractivity contribution in [2.45, 2.75) is 28.6 Å². The number of rotatable bonds is 3. The number of pyridine rings is 1. The molecule has 0 N–H and O–H groups in total. The van der Waals surface area contributed by atoms with Crippen LogP contribution in [0.25, 0.3) is 10.9 Å². The van der Waals surface area contributed by atoms with E-state index < -0.39 is 0 Å². The molecule has 0 unspecified atom stereocenters. The molecule has 0 atom stereocenters. The first-order chi connectivity index (χ1) is 9.90. The predicted molar refractivity (Wildman–Crippen MR) is 84.3 cm³/mol. The Morgan fingerprint density at radius 2 is 1.65 bits per heavy atom. The summed E-state index contributed by atoms with van der Waals surface area (Å²) in [5.74, 6) is 0.690. The van der Waals surface area contributed by atoms with Crippen molar-refractivity contribution in [3.05, 3.63) is 66.4 Å². The van der Waals surface area contributed by atoms with Crippen molar-refractivity contribution in [1.82, 2.24) is 4.98 Å². The van der Waals surface area contributed by atoms with E-state index in [1.165, 1.54) is 33.7 Å². The summed E-state index contributed by atoms with van der Waals surface area (Å²) in [6.07, 6.45) is 2.58. The van der Waals surface area contributed by atoms with Crippen LogP contribution in [0.1, 0.15) is 24.5 Å². The molecule has 1 saturated carbocycles. The smallest absolute Gasteiger partial charge is 0.0716 e. The highest BCUT2D eigenvalue weighted by Gasteiger charge is 2.26. The van der Waals surface area contributed by atoms with Gasteiger partial charge < -0.3 is 0 Å². The van der Waals surface area contributed by atoms with Gasteiger partial charge in [-0.2, -0.15) is 0 Å². The minimum absolute atomic E-state index is 0.690. The predicted octanol–water partition coefficient (Wildman–Crippen LogP) is 5.26. The second-order valence-corrected chi connectivity index (χ2v) is 6.37. The number of hydrogen-bond donors (Lipinski definition) is 0. The normalized spacial score (nSPS) is 14.6. The average molecular weight is 277 g/mol. The first-order valence-corrected chi connectivity index (χ1v) is 7.84. The lowest BCUT2D eigenvalue weighted by atomic mass is 10.1. The lowest BCUT2D eigenvalue weighted by molar-refractivity contribution is 1.03. The van der Waals surface area contributed by atoms with E-state index in [0.717, 1.165) is 5.52 Å². The van der Waals surface area contributed by atoms with Gasteiger partial charge in [0.2, 0.25) is 0 Å². The Morgan fingerprint density at radius 1 is 0.900 bits per heavy atom. The Morgan fingerprint density at radius 3 is 2.45 bits per heavy atom. The van der Waals surface area contributed by atoms with Crippen molar-refractivity contribution in [2.24, 2.45) is 0 Å². The Hall–Kier alpha value is -1.80. The van der Waals surface area contributed by atoms with E-state index in [0.29, 0.717) is 5.92 Å². The van der Waals surface area contributed by atoms with Gasteiger partial charge in [-0.25, -0.2) is 0 Å². The number of para-hydroxylation sites is 1. The maximum Gasteiger partial charge on any atom is 0.0716 e. The van der Waals surface area contributed by atoms with Crippen molar-refractivity contribution >= 4 is 22.7 Å². The standard InChI is InChI=1S/C18H15NS/c1-2-6-14(7-3-1)20-18-12-17(13-10-11-13)19-16-9-5-4-8-15(16)18/h1-9,12-13H,10-11H2. The molecule has 1 nitrogen and oxygen atoms in total. The van der Waals surface area contributed by atoms with Crippen molar-refractivity contribution in [3.8, 4) is 0 Å². The topological polar surface area (TPSA) is 12.9 Å². The van der Waals surface area contributed by atoms with Gasteiger partial charge in [0.1, 0.15) is 0 Å². The molecule has 3 aromatic rings. The van der Waals surface area contributed by atoms with Gasteiger partial charge in [0.25, 0.3) is 0 Å². The largest absolute Gasteiger partial charge is 0.252 e. The molecule has 1 fully saturated rings. The van der Waals surface area contributed by atoms with Crippen molar-refractivity contribution in [1.29, 1.82) is 0 Å². The SMILES string of the molecule is c1ccc(Sc2cc(C3CC3)nc3ccccc23)cc1. The Balaban J connectivity index is 1.83. The van der Waals surface area contributed by atoms with Crippen LogP contribution >= 0.6 is 11.8 Å². The van der Waals surface area contributed by atoms with Crippen LogP contribution in [0, 0.1) is 0 Å². The van der Waals surface area contributed by atoms with Crippen LogP contribution in [0.15, 0.2) is 70.5 Å². The number of hydrogen-bond acceptors (Lipinski definition) is 2. The molecule has 0 radical (unpaired) electrons. The number of fused-ring (bicyclic) bond motifs is 1. The molecular formula is C18H15NS. The van der Waals surface area contributed by atoms with Crippen LogP contribution in [-0.4, -0.2) is 4.98 Å². The molecule has 98 valence electrons. The second kappa shape index (κ2) is 4.95. The molecule has 0 saturated heterocycles. The molecule has 20 heavy (non-hydrogen) atoms. The van der Waals surface area contributed by atoms with E-state index >= 15 is 0 Å². The van der Waals surface area contributed by atoms with Crippen molar-refractivity contribution < 1.29 is 0 Å². The van der Waals surface area contributed by atoms with E-state index in [1.807, 2.05) is 11.8 Å². The molecule has 0 aliphatic heterocycles. The molecule has 1 aromatic heterocycles. The molecule has 2 aromatic carbocycles. The molecule has 0 bridgehead atoms. The Kier molecular flexibility index (Phi) is 2.96. The number of nitrogens with zero attached hydrogens (tertiary/aromatic N) is 1. The minimum Gasteiger partial charge on any atom is -0.252 e. The third-order valence-corrected chi connectivity index (χ3v) is 4.73. The lowest BCUT2D eigenvalue weighted by Gasteiger charge is -2.09. The van der Waals surface area contributed by atoms with Gasteiger partial charge in [-0.3, -0.25) is 4.98 Å². The van der Waals surface area contributed by atoms with Gasteiger partial charge in [0.15, 0.2) is 0 Å². The third-order valence-electron chi connectivity index (χ3n) is 3.66. The average Bonchev–Trinajstić information content (AvgIpc) is 3.33. The quantitative estimate of drug-likeness (QED) is 0.647. The second-order valence-electron chi connectivity index (χ2n) is 5.25. The first-order valence-electron chi connectivity index (χ1n) is 7.03. The van der Waals surface area contributed by atoms with E-state index in [-0.39, 0.29) is 0 Å². The van der Waals surface area contributed by atoms with Gasteiger partial charge in [0, 0.05) is 26.8 Å². The van der Waals surface area contributed by atoms with Crippen LogP contribution in [0.3, 0.4) is 0 Å². The van der Waals surface area contributed by atoms with Crippen LogP contribution in [0.5, 0.6) is 0 Å². The maximum absolute atomic E-state index is 4.83. The monoisotopic (exact) mass is 277 g/mol. The van der Waals surface area contributed by atoms with Crippen molar-refractivity contribution in [2.75, 3.05) is 0 Å². The van der Waals surface area contributed by atoms with Crippen molar-refractivity contribution in [3.63, 3.8) is 0 Å². The fourth-order valence-electron chi connectivity index (χ4n) is 2.45. The van der Waals surface area contributed by atoms with E-state index in [2.05, 4.69) is 60.7 Å². The zero-order valence-electron chi connectivity index (χ0n) is 11.1. The highest BCUT2D eigenvalue weighted by Crippen LogP contribution is 2.42. The molecule has 1 aliphatic rings. The summed E-state index contributed by atoms with van der Waals surface area (Å²) in [4.78, 5) is 7.43. The zero-order valence-corrected chi connectivity index (χ0v) is 11.9. The zero-order chi connectivity index (χ0) is 13.4. The van der Waals surface area contributed by atoms with E-state index in [9.17, 15) is 0 Å². The van der Waals surface area contributed by atoms with Gasteiger partial charge >= 0.3 is 0 Å². The summed E-state index contributed by atoms with van der Waals surface area (Å²) in [5, 5.41) is 1.26. The van der Waals surface area contributed by atoms with Crippen LogP contribution in [0.2, 0.25) is 0 Å². The Labute approximate surface area is 123 Å². The molecule has 0 spiro atoms. The highest BCUT2D eigenvalue weighted by atomic mass is 32.2. The third kappa shape index (κ3) is 2.32. The molecule has 1 aliphatic carbocycles. The van der Waals surface area contributed by atoms with Gasteiger partial charge in [-0.05, 0) is 37.1 Å². The minimum atomic E-state index is 0.690.